The van der Waals surface area contributed by atoms with Crippen molar-refractivity contribution < 1.29 is 14.6 Å². The monoisotopic (exact) mass is 355 g/mol. The summed E-state index contributed by atoms with van der Waals surface area (Å²) in [6.07, 6.45) is 1.33. The third-order valence-electron chi connectivity index (χ3n) is 2.98. The first-order valence-corrected chi connectivity index (χ1v) is 7.48. The fourth-order valence-corrected chi connectivity index (χ4v) is 2.29. The lowest BCUT2D eigenvalue weighted by atomic mass is 10.2. The second-order valence-electron chi connectivity index (χ2n) is 4.58. The highest BCUT2D eigenvalue weighted by atomic mass is 35.5. The number of halogens is 2. The van der Waals surface area contributed by atoms with E-state index in [1.807, 2.05) is 0 Å². The molecule has 0 radical (unpaired) electrons. The van der Waals surface area contributed by atoms with Crippen molar-refractivity contribution in [1.82, 2.24) is 10.3 Å². The molecule has 6 nitrogen and oxygen atoms in total. The zero-order valence-electron chi connectivity index (χ0n) is 12.1. The van der Waals surface area contributed by atoms with Crippen LogP contribution in [0.5, 0.6) is 5.75 Å². The molecular formula is C15H15Cl2N3O3. The van der Waals surface area contributed by atoms with Gasteiger partial charge < -0.3 is 20.9 Å². The average molecular weight is 356 g/mol. The third-order valence-corrected chi connectivity index (χ3v) is 3.68. The molecule has 0 aliphatic rings. The molecule has 0 bridgehead atoms. The molecule has 0 fully saturated rings. The summed E-state index contributed by atoms with van der Waals surface area (Å²) in [6.45, 7) is 0.0865. The lowest BCUT2D eigenvalue weighted by Crippen LogP contribution is -2.26. The quantitative estimate of drug-likeness (QED) is 0.738. The Morgan fingerprint density at radius 1 is 1.35 bits per heavy atom. The van der Waals surface area contributed by atoms with Gasteiger partial charge in [0, 0.05) is 28.4 Å². The first-order chi connectivity index (χ1) is 11.0. The molecule has 2 aromatic rings. The number of amides is 1. The van der Waals surface area contributed by atoms with Crippen molar-refractivity contribution >= 4 is 34.9 Å². The van der Waals surface area contributed by atoms with E-state index in [1.54, 1.807) is 18.2 Å². The molecule has 0 spiro atoms. The number of rotatable bonds is 6. The highest BCUT2D eigenvalue weighted by Gasteiger charge is 2.12. The van der Waals surface area contributed by atoms with Crippen molar-refractivity contribution in [3.05, 3.63) is 51.6 Å². The predicted octanol–water partition coefficient (Wildman–Crippen LogP) is 2.27. The van der Waals surface area contributed by atoms with Crippen LogP contribution in [0.2, 0.25) is 10.0 Å². The number of nitrogens with two attached hydrogens (primary N) is 1. The number of anilines is 1. The summed E-state index contributed by atoms with van der Waals surface area (Å²) in [4.78, 5) is 15.8. The number of carbonyl (C=O) groups excluding carboxylic acids is 1. The van der Waals surface area contributed by atoms with E-state index in [-0.39, 0.29) is 42.8 Å². The molecule has 8 heteroatoms. The Labute approximate surface area is 143 Å². The summed E-state index contributed by atoms with van der Waals surface area (Å²) in [7, 11) is 0. The maximum Gasteiger partial charge on any atom is 0.253 e. The summed E-state index contributed by atoms with van der Waals surface area (Å²) in [5.74, 6) is 0.0108. The molecule has 0 aliphatic carbocycles. The van der Waals surface area contributed by atoms with Crippen molar-refractivity contribution in [2.45, 2.75) is 6.61 Å². The van der Waals surface area contributed by atoms with Gasteiger partial charge in [-0.05, 0) is 18.2 Å². The van der Waals surface area contributed by atoms with Gasteiger partial charge in [-0.3, -0.25) is 4.79 Å². The van der Waals surface area contributed by atoms with E-state index < -0.39 is 0 Å². The van der Waals surface area contributed by atoms with Crippen molar-refractivity contribution in [3.8, 4) is 5.75 Å². The zero-order valence-corrected chi connectivity index (χ0v) is 13.6. The van der Waals surface area contributed by atoms with Crippen LogP contribution >= 0.6 is 23.2 Å². The van der Waals surface area contributed by atoms with Gasteiger partial charge in [0.1, 0.15) is 6.61 Å². The molecule has 0 saturated carbocycles. The molecular weight excluding hydrogens is 341 g/mol. The number of benzene rings is 1. The van der Waals surface area contributed by atoms with E-state index in [2.05, 4.69) is 10.3 Å². The minimum Gasteiger partial charge on any atom is -0.485 e. The molecule has 0 unspecified atom stereocenters. The Morgan fingerprint density at radius 2 is 2.04 bits per heavy atom. The lowest BCUT2D eigenvalue weighted by molar-refractivity contribution is 0.0944. The molecule has 122 valence electrons. The Bertz CT molecular complexity index is 690. The Hall–Kier alpha value is -2.02. The molecule has 0 atom stereocenters. The summed E-state index contributed by atoms with van der Waals surface area (Å²) in [5, 5.41) is 12.2. The van der Waals surface area contributed by atoms with E-state index in [0.717, 1.165) is 0 Å². The molecule has 1 aromatic carbocycles. The van der Waals surface area contributed by atoms with E-state index in [9.17, 15) is 4.79 Å². The van der Waals surface area contributed by atoms with Crippen LogP contribution < -0.4 is 15.8 Å². The van der Waals surface area contributed by atoms with Gasteiger partial charge in [0.25, 0.3) is 5.91 Å². The molecule has 4 N–H and O–H groups in total. The van der Waals surface area contributed by atoms with E-state index in [1.165, 1.54) is 12.3 Å². The zero-order chi connectivity index (χ0) is 16.8. The summed E-state index contributed by atoms with van der Waals surface area (Å²) < 4.78 is 5.59. The normalized spacial score (nSPS) is 10.4. The Kier molecular flexibility index (Phi) is 6.04. The van der Waals surface area contributed by atoms with Crippen LogP contribution in [-0.4, -0.2) is 29.1 Å². The SMILES string of the molecule is Nc1ncc(C(=O)NCCO)cc1OCc1c(Cl)cccc1Cl. The largest absolute Gasteiger partial charge is 0.485 e. The van der Waals surface area contributed by atoms with Gasteiger partial charge >= 0.3 is 0 Å². The summed E-state index contributed by atoms with van der Waals surface area (Å²) in [5.41, 5.74) is 6.64. The molecule has 0 aliphatic heterocycles. The van der Waals surface area contributed by atoms with E-state index in [4.69, 9.17) is 38.8 Å². The van der Waals surface area contributed by atoms with Crippen LogP contribution in [0.1, 0.15) is 15.9 Å². The molecule has 23 heavy (non-hydrogen) atoms. The second kappa shape index (κ2) is 8.01. The standard InChI is InChI=1S/C15H15Cl2N3O3/c16-11-2-1-3-12(17)10(11)8-23-13-6-9(7-20-14(13)18)15(22)19-4-5-21/h1-3,6-7,21H,4-5,8H2,(H2,18,20)(H,19,22). The van der Waals surface area contributed by atoms with Crippen LogP contribution in [0.4, 0.5) is 5.82 Å². The lowest BCUT2D eigenvalue weighted by Gasteiger charge is -2.12. The van der Waals surface area contributed by atoms with Gasteiger partial charge in [0.2, 0.25) is 0 Å². The molecule has 0 saturated heterocycles. The van der Waals surface area contributed by atoms with Crippen molar-refractivity contribution in [2.75, 3.05) is 18.9 Å². The van der Waals surface area contributed by atoms with Crippen molar-refractivity contribution in [1.29, 1.82) is 0 Å². The van der Waals surface area contributed by atoms with Gasteiger partial charge in [-0.1, -0.05) is 29.3 Å². The Balaban J connectivity index is 2.15. The van der Waals surface area contributed by atoms with Crippen LogP contribution in [0.25, 0.3) is 0 Å². The smallest absolute Gasteiger partial charge is 0.253 e. The highest BCUT2D eigenvalue weighted by Crippen LogP contribution is 2.27. The number of hydrogen-bond acceptors (Lipinski definition) is 5. The number of nitrogens with one attached hydrogen (secondary N) is 1. The molecule has 1 heterocycles. The molecule has 1 amide bonds. The Morgan fingerprint density at radius 3 is 2.70 bits per heavy atom. The number of aliphatic hydroxyl groups excluding tert-OH is 1. The minimum atomic E-state index is -0.382. The third kappa shape index (κ3) is 4.48. The first kappa shape index (κ1) is 17.3. The van der Waals surface area contributed by atoms with E-state index >= 15 is 0 Å². The molecule has 2 rings (SSSR count). The van der Waals surface area contributed by atoms with Crippen LogP contribution in [0.15, 0.2) is 30.5 Å². The van der Waals surface area contributed by atoms with Gasteiger partial charge in [-0.2, -0.15) is 0 Å². The van der Waals surface area contributed by atoms with Crippen molar-refractivity contribution in [3.63, 3.8) is 0 Å². The average Bonchev–Trinajstić information content (AvgIpc) is 2.53. The first-order valence-electron chi connectivity index (χ1n) is 6.73. The number of carbonyl (C=O) groups is 1. The second-order valence-corrected chi connectivity index (χ2v) is 5.39. The highest BCUT2D eigenvalue weighted by molar-refractivity contribution is 6.35. The summed E-state index contributed by atoms with van der Waals surface area (Å²) >= 11 is 12.2. The van der Waals surface area contributed by atoms with Crippen LogP contribution in [-0.2, 0) is 6.61 Å². The fourth-order valence-electron chi connectivity index (χ4n) is 1.79. The number of pyridine rings is 1. The van der Waals surface area contributed by atoms with Gasteiger partial charge in [-0.25, -0.2) is 4.98 Å². The minimum absolute atomic E-state index is 0.0894. The number of aromatic nitrogens is 1. The fraction of sp³-hybridized carbons (Fsp3) is 0.200. The predicted molar refractivity (Wildman–Crippen MR) is 88.9 cm³/mol. The van der Waals surface area contributed by atoms with Gasteiger partial charge in [0.05, 0.1) is 12.2 Å². The number of nitrogen functional groups attached to an aromatic ring is 1. The summed E-state index contributed by atoms with van der Waals surface area (Å²) in [6, 6.07) is 6.61. The van der Waals surface area contributed by atoms with Crippen LogP contribution in [0.3, 0.4) is 0 Å². The maximum absolute atomic E-state index is 11.8. The van der Waals surface area contributed by atoms with Gasteiger partial charge in [-0.15, -0.1) is 0 Å². The van der Waals surface area contributed by atoms with Gasteiger partial charge in [0.15, 0.2) is 11.6 Å². The number of hydrogen-bond donors (Lipinski definition) is 3. The topological polar surface area (TPSA) is 97.5 Å². The number of ether oxygens (including phenoxy) is 1. The van der Waals surface area contributed by atoms with E-state index in [0.29, 0.717) is 15.6 Å². The number of aliphatic hydroxyl groups is 1. The van der Waals surface area contributed by atoms with Crippen LogP contribution in [0, 0.1) is 0 Å². The molecule has 1 aromatic heterocycles. The maximum atomic E-state index is 11.8. The number of nitrogens with zero attached hydrogens (tertiary/aromatic N) is 1. The van der Waals surface area contributed by atoms with Crippen molar-refractivity contribution in [2.24, 2.45) is 0 Å².